The minimum atomic E-state index is -0.480. The molecule has 0 amide bonds. The summed E-state index contributed by atoms with van der Waals surface area (Å²) in [5.74, 6) is 0.293. The number of aromatic nitrogens is 1. The van der Waals surface area contributed by atoms with Crippen LogP contribution in [-0.4, -0.2) is 38.1 Å². The van der Waals surface area contributed by atoms with Crippen LogP contribution in [0.5, 0.6) is 5.88 Å². The molecule has 1 aromatic heterocycles. The van der Waals surface area contributed by atoms with Gasteiger partial charge in [-0.25, -0.2) is 9.79 Å². The maximum atomic E-state index is 12.1. The van der Waals surface area contributed by atoms with Crippen molar-refractivity contribution in [3.63, 3.8) is 0 Å². The molecule has 0 unspecified atom stereocenters. The van der Waals surface area contributed by atoms with E-state index in [1.54, 1.807) is 13.2 Å². The molecule has 0 radical (unpaired) electrons. The number of halogens is 1. The minimum Gasteiger partial charge on any atom is -0.480 e. The van der Waals surface area contributed by atoms with Crippen LogP contribution in [0, 0.1) is 3.57 Å². The summed E-state index contributed by atoms with van der Waals surface area (Å²) in [6.07, 6.45) is 1.65. The molecule has 0 fully saturated rings. The first-order chi connectivity index (χ1) is 11.5. The standard InChI is InChI=1S/C16H14IN3O3S/c1-20(2)16-19-14(22-3)12(24-16)8-11-15(21)23-13(18-11)9-6-4-5-7-10(9)17/h4-8H,1-3H3/b11-8-. The highest BCUT2D eigenvalue weighted by Gasteiger charge is 2.26. The Morgan fingerprint density at radius 3 is 2.75 bits per heavy atom. The molecular formula is C16H14IN3O3S. The normalized spacial score (nSPS) is 15.4. The van der Waals surface area contributed by atoms with Gasteiger partial charge in [0.15, 0.2) is 10.8 Å². The largest absolute Gasteiger partial charge is 0.480 e. The van der Waals surface area contributed by atoms with Crippen molar-refractivity contribution < 1.29 is 14.3 Å². The first kappa shape index (κ1) is 16.9. The SMILES string of the molecule is COc1nc(N(C)C)sc1/C=C1\N=C(c2ccccc2I)OC1=O. The molecule has 1 aliphatic heterocycles. The predicted molar refractivity (Wildman–Crippen MR) is 103 cm³/mol. The molecule has 1 aromatic carbocycles. The number of hydrogen-bond donors (Lipinski definition) is 0. The zero-order valence-electron chi connectivity index (χ0n) is 13.2. The second kappa shape index (κ2) is 6.89. The Kier molecular flexibility index (Phi) is 4.86. The molecule has 0 spiro atoms. The van der Waals surface area contributed by atoms with Gasteiger partial charge in [-0.05, 0) is 40.8 Å². The number of rotatable bonds is 4. The quantitative estimate of drug-likeness (QED) is 0.403. The number of aliphatic imine (C=N–C) groups is 1. The van der Waals surface area contributed by atoms with Crippen LogP contribution in [0.1, 0.15) is 10.4 Å². The molecule has 2 aromatic rings. The fourth-order valence-electron chi connectivity index (χ4n) is 2.02. The number of ether oxygens (including phenoxy) is 2. The van der Waals surface area contributed by atoms with E-state index in [2.05, 4.69) is 32.6 Å². The van der Waals surface area contributed by atoms with E-state index < -0.39 is 5.97 Å². The van der Waals surface area contributed by atoms with E-state index in [0.717, 1.165) is 19.1 Å². The van der Waals surface area contributed by atoms with Gasteiger partial charge in [0, 0.05) is 17.7 Å². The van der Waals surface area contributed by atoms with Crippen LogP contribution in [-0.2, 0) is 9.53 Å². The number of carbonyl (C=O) groups is 1. The minimum absolute atomic E-state index is 0.233. The number of methoxy groups -OCH3 is 1. The lowest BCUT2D eigenvalue weighted by atomic mass is 10.2. The van der Waals surface area contributed by atoms with Crippen molar-refractivity contribution in [2.24, 2.45) is 4.99 Å². The van der Waals surface area contributed by atoms with Gasteiger partial charge in [-0.1, -0.05) is 23.5 Å². The number of nitrogens with zero attached hydrogens (tertiary/aromatic N) is 3. The molecule has 0 aliphatic carbocycles. The molecule has 6 nitrogen and oxygen atoms in total. The van der Waals surface area contributed by atoms with Crippen molar-refractivity contribution in [2.75, 3.05) is 26.1 Å². The van der Waals surface area contributed by atoms with E-state index in [1.165, 1.54) is 11.3 Å². The average Bonchev–Trinajstić information content (AvgIpc) is 3.12. The Morgan fingerprint density at radius 1 is 1.33 bits per heavy atom. The van der Waals surface area contributed by atoms with Gasteiger partial charge >= 0.3 is 5.97 Å². The molecular weight excluding hydrogens is 441 g/mol. The third-order valence-corrected chi connectivity index (χ3v) is 5.27. The molecule has 3 rings (SSSR count). The maximum Gasteiger partial charge on any atom is 0.363 e. The predicted octanol–water partition coefficient (Wildman–Crippen LogP) is 3.17. The lowest BCUT2D eigenvalue weighted by Gasteiger charge is -2.04. The number of thiazole rings is 1. The highest BCUT2D eigenvalue weighted by Crippen LogP contribution is 2.33. The van der Waals surface area contributed by atoms with Gasteiger partial charge in [0.1, 0.15) is 0 Å². The summed E-state index contributed by atoms with van der Waals surface area (Å²) < 4.78 is 11.6. The molecule has 0 atom stereocenters. The monoisotopic (exact) mass is 455 g/mol. The Balaban J connectivity index is 1.99. The van der Waals surface area contributed by atoms with E-state index in [4.69, 9.17) is 9.47 Å². The van der Waals surface area contributed by atoms with E-state index in [1.807, 2.05) is 43.3 Å². The smallest absolute Gasteiger partial charge is 0.363 e. The maximum absolute atomic E-state index is 12.1. The Hall–Kier alpha value is -1.94. The van der Waals surface area contributed by atoms with Crippen molar-refractivity contribution >= 4 is 57.0 Å². The summed E-state index contributed by atoms with van der Waals surface area (Å²) in [5, 5.41) is 0.784. The number of benzene rings is 1. The molecule has 124 valence electrons. The van der Waals surface area contributed by atoms with Crippen LogP contribution in [0.15, 0.2) is 35.0 Å². The lowest BCUT2D eigenvalue weighted by molar-refractivity contribution is -0.129. The Labute approximate surface area is 157 Å². The van der Waals surface area contributed by atoms with Crippen molar-refractivity contribution in [1.29, 1.82) is 0 Å². The van der Waals surface area contributed by atoms with E-state index in [0.29, 0.717) is 11.8 Å². The summed E-state index contributed by atoms with van der Waals surface area (Å²) >= 11 is 3.60. The number of esters is 1. The summed E-state index contributed by atoms with van der Waals surface area (Å²) in [7, 11) is 5.34. The zero-order valence-corrected chi connectivity index (χ0v) is 16.2. The number of carbonyl (C=O) groups excluding carboxylic acids is 1. The van der Waals surface area contributed by atoms with Gasteiger partial charge in [0.2, 0.25) is 11.8 Å². The average molecular weight is 455 g/mol. The van der Waals surface area contributed by atoms with Crippen LogP contribution in [0.4, 0.5) is 5.13 Å². The summed E-state index contributed by atoms with van der Waals surface area (Å²) in [6, 6.07) is 7.60. The molecule has 24 heavy (non-hydrogen) atoms. The molecule has 1 aliphatic rings. The zero-order chi connectivity index (χ0) is 17.3. The summed E-state index contributed by atoms with van der Waals surface area (Å²) in [6.45, 7) is 0. The Bertz CT molecular complexity index is 858. The fourth-order valence-corrected chi connectivity index (χ4v) is 3.53. The lowest BCUT2D eigenvalue weighted by Crippen LogP contribution is -2.07. The summed E-state index contributed by atoms with van der Waals surface area (Å²) in [4.78, 5) is 23.4. The highest BCUT2D eigenvalue weighted by atomic mass is 127. The first-order valence-electron chi connectivity index (χ1n) is 6.99. The van der Waals surface area contributed by atoms with Crippen molar-refractivity contribution in [1.82, 2.24) is 4.98 Å². The number of hydrogen-bond acceptors (Lipinski definition) is 7. The van der Waals surface area contributed by atoms with Gasteiger partial charge in [0.05, 0.1) is 17.6 Å². The van der Waals surface area contributed by atoms with E-state index in [9.17, 15) is 4.79 Å². The number of anilines is 1. The van der Waals surface area contributed by atoms with Crippen molar-refractivity contribution in [3.8, 4) is 5.88 Å². The van der Waals surface area contributed by atoms with E-state index in [-0.39, 0.29) is 5.70 Å². The van der Waals surface area contributed by atoms with Gasteiger partial charge in [0.25, 0.3) is 0 Å². The molecule has 0 bridgehead atoms. The van der Waals surface area contributed by atoms with Crippen molar-refractivity contribution in [2.45, 2.75) is 0 Å². The van der Waals surface area contributed by atoms with Gasteiger partial charge in [-0.15, -0.1) is 0 Å². The second-order valence-corrected chi connectivity index (χ2v) is 7.25. The molecule has 0 saturated heterocycles. The van der Waals surface area contributed by atoms with Crippen LogP contribution < -0.4 is 9.64 Å². The fraction of sp³-hybridized carbons (Fsp3) is 0.188. The van der Waals surface area contributed by atoms with Gasteiger partial charge in [-0.3, -0.25) is 0 Å². The van der Waals surface area contributed by atoms with E-state index >= 15 is 0 Å². The van der Waals surface area contributed by atoms with Crippen LogP contribution >= 0.6 is 33.9 Å². The van der Waals surface area contributed by atoms with Crippen LogP contribution in [0.3, 0.4) is 0 Å². The highest BCUT2D eigenvalue weighted by molar-refractivity contribution is 14.1. The Morgan fingerprint density at radius 2 is 2.08 bits per heavy atom. The van der Waals surface area contributed by atoms with Crippen LogP contribution in [0.2, 0.25) is 0 Å². The van der Waals surface area contributed by atoms with Crippen molar-refractivity contribution in [3.05, 3.63) is 44.0 Å². The molecule has 8 heteroatoms. The molecule has 0 N–H and O–H groups in total. The number of cyclic esters (lactones) is 1. The molecule has 2 heterocycles. The third-order valence-electron chi connectivity index (χ3n) is 3.18. The van der Waals surface area contributed by atoms with Crippen LogP contribution in [0.25, 0.3) is 6.08 Å². The second-order valence-electron chi connectivity index (χ2n) is 5.08. The van der Waals surface area contributed by atoms with Gasteiger partial charge in [-0.2, -0.15) is 4.98 Å². The summed E-state index contributed by atoms with van der Waals surface area (Å²) in [5.41, 5.74) is 1.03. The van der Waals surface area contributed by atoms with Gasteiger partial charge < -0.3 is 14.4 Å². The third kappa shape index (κ3) is 3.29. The first-order valence-corrected chi connectivity index (χ1v) is 8.88. The molecule has 0 saturated carbocycles. The topological polar surface area (TPSA) is 64.0 Å².